The van der Waals surface area contributed by atoms with E-state index in [1.54, 1.807) is 0 Å². The molecule has 0 spiro atoms. The molecule has 0 aliphatic carbocycles. The number of rotatable bonds is 6. The van der Waals surface area contributed by atoms with Crippen LogP contribution < -0.4 is 0 Å². The van der Waals surface area contributed by atoms with E-state index >= 15 is 0 Å². The maximum absolute atomic E-state index is 10.4. The van der Waals surface area contributed by atoms with Gasteiger partial charge in [0.05, 0.1) is 25.7 Å². The van der Waals surface area contributed by atoms with Crippen molar-refractivity contribution in [3.05, 3.63) is 0 Å². The van der Waals surface area contributed by atoms with E-state index in [1.165, 1.54) is 0 Å². The Morgan fingerprint density at radius 1 is 1.00 bits per heavy atom. The highest BCUT2D eigenvalue weighted by molar-refractivity contribution is 7.86. The minimum Gasteiger partial charge on any atom is -0.388 e. The van der Waals surface area contributed by atoms with Crippen LogP contribution in [0.5, 0.6) is 0 Å². The molecule has 0 bridgehead atoms. The predicted octanol–water partition coefficient (Wildman–Crippen LogP) is -1.70. The second-order valence-electron chi connectivity index (χ2n) is 2.63. The summed E-state index contributed by atoms with van der Waals surface area (Å²) in [6, 6.07) is 0. The number of aliphatic hydroxyl groups excluding tert-OH is 1. The molecule has 7 nitrogen and oxygen atoms in total. The molecule has 0 aromatic carbocycles. The second kappa shape index (κ2) is 5.03. The monoisotopic (exact) mass is 248 g/mol. The van der Waals surface area contributed by atoms with E-state index in [0.717, 1.165) is 12.5 Å². The van der Waals surface area contributed by atoms with Gasteiger partial charge in [0.1, 0.15) is 6.10 Å². The van der Waals surface area contributed by atoms with Gasteiger partial charge in [-0.1, -0.05) is 0 Å². The molecule has 0 aromatic heterocycles. The highest BCUT2D eigenvalue weighted by atomic mass is 32.2. The van der Waals surface area contributed by atoms with Gasteiger partial charge in [0.25, 0.3) is 20.2 Å². The molecule has 0 aromatic rings. The van der Waals surface area contributed by atoms with Gasteiger partial charge < -0.3 is 5.11 Å². The van der Waals surface area contributed by atoms with Crippen molar-refractivity contribution in [2.24, 2.45) is 0 Å². The van der Waals surface area contributed by atoms with Gasteiger partial charge in [-0.25, -0.2) is 0 Å². The van der Waals surface area contributed by atoms with Crippen LogP contribution in [-0.2, 0) is 28.6 Å². The molecule has 0 aliphatic rings. The average molecular weight is 248 g/mol. The lowest BCUT2D eigenvalue weighted by molar-refractivity contribution is 0.0679. The molecule has 14 heavy (non-hydrogen) atoms. The lowest BCUT2D eigenvalue weighted by Gasteiger charge is -2.08. The van der Waals surface area contributed by atoms with Crippen molar-refractivity contribution in [2.45, 2.75) is 6.10 Å². The first-order chi connectivity index (χ1) is 6.10. The molecule has 0 saturated carbocycles. The molecule has 0 heterocycles. The molecular formula is C5H12O7S2. The van der Waals surface area contributed by atoms with E-state index in [2.05, 4.69) is 8.37 Å². The van der Waals surface area contributed by atoms with Gasteiger partial charge in [-0.2, -0.15) is 16.8 Å². The van der Waals surface area contributed by atoms with Gasteiger partial charge in [0.2, 0.25) is 0 Å². The molecule has 0 unspecified atom stereocenters. The van der Waals surface area contributed by atoms with Gasteiger partial charge in [-0.05, 0) is 0 Å². The molecule has 0 fully saturated rings. The Hall–Kier alpha value is -0.220. The summed E-state index contributed by atoms with van der Waals surface area (Å²) in [5.74, 6) is 0. The van der Waals surface area contributed by atoms with Crippen molar-refractivity contribution in [3.8, 4) is 0 Å². The fraction of sp³-hybridized carbons (Fsp3) is 1.00. The minimum atomic E-state index is -3.64. The third-order valence-corrected chi connectivity index (χ3v) is 2.08. The van der Waals surface area contributed by atoms with Crippen molar-refractivity contribution >= 4 is 20.2 Å². The highest BCUT2D eigenvalue weighted by Crippen LogP contribution is 1.95. The first kappa shape index (κ1) is 13.8. The van der Waals surface area contributed by atoms with Crippen LogP contribution in [0, 0.1) is 0 Å². The normalized spacial score (nSPS) is 13.4. The Bertz CT molecular complexity index is 318. The molecule has 0 saturated heterocycles. The Morgan fingerprint density at radius 2 is 1.29 bits per heavy atom. The van der Waals surface area contributed by atoms with Crippen LogP contribution in [0.1, 0.15) is 0 Å². The molecule has 0 atom stereocenters. The Kier molecular flexibility index (Phi) is 4.95. The number of hydrogen-bond donors (Lipinski definition) is 1. The van der Waals surface area contributed by atoms with E-state index in [4.69, 9.17) is 5.11 Å². The zero-order valence-corrected chi connectivity index (χ0v) is 9.34. The second-order valence-corrected chi connectivity index (χ2v) is 5.92. The van der Waals surface area contributed by atoms with Gasteiger partial charge in [0, 0.05) is 0 Å². The van der Waals surface area contributed by atoms with Crippen LogP contribution in [0.2, 0.25) is 0 Å². The fourth-order valence-electron chi connectivity index (χ4n) is 0.452. The molecular weight excluding hydrogens is 236 g/mol. The number of aliphatic hydroxyl groups is 1. The topological polar surface area (TPSA) is 107 Å². The van der Waals surface area contributed by atoms with Gasteiger partial charge >= 0.3 is 0 Å². The first-order valence-corrected chi connectivity index (χ1v) is 7.10. The highest BCUT2D eigenvalue weighted by Gasteiger charge is 2.12. The van der Waals surface area contributed by atoms with Crippen LogP contribution in [0.25, 0.3) is 0 Å². The summed E-state index contributed by atoms with van der Waals surface area (Å²) in [6.45, 7) is -1.07. The lowest BCUT2D eigenvalue weighted by Crippen LogP contribution is -2.24. The van der Waals surface area contributed by atoms with Crippen molar-refractivity contribution < 1.29 is 30.3 Å². The third-order valence-electron chi connectivity index (χ3n) is 0.949. The predicted molar refractivity (Wildman–Crippen MR) is 47.6 cm³/mol. The van der Waals surface area contributed by atoms with E-state index < -0.39 is 39.6 Å². The van der Waals surface area contributed by atoms with E-state index in [9.17, 15) is 16.8 Å². The lowest BCUT2D eigenvalue weighted by atomic mass is 10.4. The third kappa shape index (κ3) is 9.86. The molecule has 86 valence electrons. The summed E-state index contributed by atoms with van der Waals surface area (Å²) in [7, 11) is -7.28. The quantitative estimate of drug-likeness (QED) is 0.558. The maximum atomic E-state index is 10.4. The van der Waals surface area contributed by atoms with Crippen molar-refractivity contribution in [1.29, 1.82) is 0 Å². The summed E-state index contributed by atoms with van der Waals surface area (Å²) in [5, 5.41) is 9.00. The van der Waals surface area contributed by atoms with Crippen LogP contribution in [0.3, 0.4) is 0 Å². The standard InChI is InChI=1S/C5H12O7S2/c1-13(7,8)11-3-5(6)4-12-14(2,9)10/h5-6H,3-4H2,1-2H3. The molecule has 9 heteroatoms. The molecule has 1 N–H and O–H groups in total. The summed E-state index contributed by atoms with van der Waals surface area (Å²) in [6.07, 6.45) is 0.327. The zero-order valence-electron chi connectivity index (χ0n) is 7.70. The smallest absolute Gasteiger partial charge is 0.264 e. The van der Waals surface area contributed by atoms with Crippen LogP contribution in [0.4, 0.5) is 0 Å². The van der Waals surface area contributed by atoms with E-state index in [1.807, 2.05) is 0 Å². The van der Waals surface area contributed by atoms with Crippen LogP contribution in [-0.4, -0.2) is 53.8 Å². The Labute approximate surface area is 82.9 Å². The van der Waals surface area contributed by atoms with E-state index in [0.29, 0.717) is 0 Å². The van der Waals surface area contributed by atoms with Gasteiger partial charge in [-0.3, -0.25) is 8.37 Å². The first-order valence-electron chi connectivity index (χ1n) is 3.47. The molecule has 0 rings (SSSR count). The Morgan fingerprint density at radius 3 is 1.50 bits per heavy atom. The van der Waals surface area contributed by atoms with Crippen molar-refractivity contribution in [3.63, 3.8) is 0 Å². The zero-order chi connectivity index (χ0) is 11.4. The SMILES string of the molecule is CS(=O)(=O)OCC(O)COS(C)(=O)=O. The summed E-state index contributed by atoms with van der Waals surface area (Å²) < 4.78 is 50.2. The summed E-state index contributed by atoms with van der Waals surface area (Å²) >= 11 is 0. The van der Waals surface area contributed by atoms with Crippen molar-refractivity contribution in [2.75, 3.05) is 25.7 Å². The largest absolute Gasteiger partial charge is 0.388 e. The van der Waals surface area contributed by atoms with Crippen LogP contribution in [0.15, 0.2) is 0 Å². The fourth-order valence-corrected chi connectivity index (χ4v) is 1.26. The molecule has 0 aliphatic heterocycles. The van der Waals surface area contributed by atoms with Crippen molar-refractivity contribution in [1.82, 2.24) is 0 Å². The molecule has 0 amide bonds. The number of hydrogen-bond acceptors (Lipinski definition) is 7. The van der Waals surface area contributed by atoms with Crippen LogP contribution >= 0.6 is 0 Å². The molecule has 0 radical (unpaired) electrons. The minimum absolute atomic E-state index is 0.533. The maximum Gasteiger partial charge on any atom is 0.264 e. The average Bonchev–Trinajstić information content (AvgIpc) is 1.94. The summed E-state index contributed by atoms with van der Waals surface area (Å²) in [4.78, 5) is 0. The van der Waals surface area contributed by atoms with Gasteiger partial charge in [0.15, 0.2) is 0 Å². The Balaban J connectivity index is 3.84. The van der Waals surface area contributed by atoms with E-state index in [-0.39, 0.29) is 0 Å². The van der Waals surface area contributed by atoms with Gasteiger partial charge in [-0.15, -0.1) is 0 Å². The summed E-state index contributed by atoms with van der Waals surface area (Å²) in [5.41, 5.74) is 0.